The molecule has 4 nitrogen and oxygen atoms in total. The number of carbonyl (C=O) groups excluding carboxylic acids is 1. The maximum Gasteiger partial charge on any atom is 0.271 e. The van der Waals surface area contributed by atoms with E-state index in [2.05, 4.69) is 10.4 Å². The topological polar surface area (TPSA) is 46.9 Å². The van der Waals surface area contributed by atoms with Gasteiger partial charge in [0.1, 0.15) is 5.82 Å². The normalized spacial score (nSPS) is 10.6. The third kappa shape index (κ3) is 2.78. The first-order valence-electron chi connectivity index (χ1n) is 6.87. The molecular weight excluding hydrogens is 301 g/mol. The number of nitrogens with zero attached hydrogens (tertiary/aromatic N) is 2. The summed E-state index contributed by atoms with van der Waals surface area (Å²) in [5.74, 6) is -0.529. The molecule has 0 unspecified atom stereocenters. The lowest BCUT2D eigenvalue weighted by atomic mass is 10.2. The first-order valence-corrected chi connectivity index (χ1v) is 7.75. The lowest BCUT2D eigenvalue weighted by Gasteiger charge is -2.05. The van der Waals surface area contributed by atoms with Crippen LogP contribution >= 0.6 is 11.3 Å². The van der Waals surface area contributed by atoms with Gasteiger partial charge in [0.25, 0.3) is 5.91 Å². The van der Waals surface area contributed by atoms with Gasteiger partial charge in [0.05, 0.1) is 16.3 Å². The number of benzene rings is 1. The van der Waals surface area contributed by atoms with Crippen LogP contribution in [0.3, 0.4) is 0 Å². The minimum atomic E-state index is -0.308. The van der Waals surface area contributed by atoms with Crippen LogP contribution < -0.4 is 5.32 Å². The summed E-state index contributed by atoms with van der Waals surface area (Å²) in [6.07, 6.45) is 0. The smallest absolute Gasteiger partial charge is 0.271 e. The Labute approximate surface area is 131 Å². The number of rotatable bonds is 4. The molecule has 0 aliphatic heterocycles. The van der Waals surface area contributed by atoms with Crippen LogP contribution in [0.4, 0.5) is 4.39 Å². The zero-order valence-electron chi connectivity index (χ0n) is 11.9. The Morgan fingerprint density at radius 3 is 2.73 bits per heavy atom. The van der Waals surface area contributed by atoms with E-state index < -0.39 is 0 Å². The summed E-state index contributed by atoms with van der Waals surface area (Å²) < 4.78 is 14.8. The number of nitrogens with one attached hydrogen (secondary N) is 1. The monoisotopic (exact) mass is 315 g/mol. The van der Waals surface area contributed by atoms with Crippen LogP contribution in [-0.2, 0) is 0 Å². The molecule has 1 amide bonds. The van der Waals surface area contributed by atoms with Crippen molar-refractivity contribution < 1.29 is 9.18 Å². The lowest BCUT2D eigenvalue weighted by Crippen LogP contribution is -2.23. The van der Waals surface area contributed by atoms with E-state index in [-0.39, 0.29) is 11.7 Å². The molecule has 0 spiro atoms. The summed E-state index contributed by atoms with van der Waals surface area (Å²) in [6, 6.07) is 11.7. The average Bonchev–Trinajstić information content (AvgIpc) is 3.17. The molecule has 0 saturated carbocycles. The summed E-state index contributed by atoms with van der Waals surface area (Å²) >= 11 is 1.56. The Hall–Kier alpha value is -2.47. The Morgan fingerprint density at radius 1 is 1.32 bits per heavy atom. The largest absolute Gasteiger partial charge is 0.351 e. The molecule has 0 atom stereocenters. The minimum Gasteiger partial charge on any atom is -0.351 e. The Kier molecular flexibility index (Phi) is 4.02. The molecule has 22 heavy (non-hydrogen) atoms. The van der Waals surface area contributed by atoms with Crippen molar-refractivity contribution in [3.05, 3.63) is 59.4 Å². The van der Waals surface area contributed by atoms with E-state index in [0.717, 1.165) is 10.6 Å². The molecule has 112 valence electrons. The predicted octanol–water partition coefficient (Wildman–Crippen LogP) is 3.49. The van der Waals surface area contributed by atoms with Crippen molar-refractivity contribution >= 4 is 17.2 Å². The van der Waals surface area contributed by atoms with Crippen LogP contribution in [0.2, 0.25) is 0 Å². The molecule has 2 heterocycles. The minimum absolute atomic E-state index is 0.221. The number of thiophene rings is 1. The van der Waals surface area contributed by atoms with Gasteiger partial charge in [-0.25, -0.2) is 9.07 Å². The first kappa shape index (κ1) is 14.5. The summed E-state index contributed by atoms with van der Waals surface area (Å²) in [5.41, 5.74) is 1.86. The molecular formula is C16H14FN3OS. The van der Waals surface area contributed by atoms with Crippen molar-refractivity contribution in [2.75, 3.05) is 6.54 Å². The molecule has 0 bridgehead atoms. The van der Waals surface area contributed by atoms with Crippen molar-refractivity contribution in [1.82, 2.24) is 15.1 Å². The van der Waals surface area contributed by atoms with Gasteiger partial charge >= 0.3 is 0 Å². The van der Waals surface area contributed by atoms with Gasteiger partial charge in [-0.2, -0.15) is 5.10 Å². The van der Waals surface area contributed by atoms with Crippen LogP contribution in [-0.4, -0.2) is 22.2 Å². The fourth-order valence-corrected chi connectivity index (χ4v) is 2.85. The fraction of sp³-hybridized carbons (Fsp3) is 0.125. The van der Waals surface area contributed by atoms with Gasteiger partial charge in [0.15, 0.2) is 5.69 Å². The van der Waals surface area contributed by atoms with Crippen LogP contribution in [0.25, 0.3) is 16.3 Å². The van der Waals surface area contributed by atoms with Crippen molar-refractivity contribution in [2.24, 2.45) is 0 Å². The zero-order valence-corrected chi connectivity index (χ0v) is 12.7. The molecule has 2 aromatic heterocycles. The maximum absolute atomic E-state index is 13.1. The molecule has 0 aliphatic carbocycles. The number of aromatic nitrogens is 2. The van der Waals surface area contributed by atoms with E-state index >= 15 is 0 Å². The Balaban J connectivity index is 2.10. The van der Waals surface area contributed by atoms with E-state index in [4.69, 9.17) is 0 Å². The second-order valence-electron chi connectivity index (χ2n) is 4.64. The highest BCUT2D eigenvalue weighted by atomic mass is 32.1. The SMILES string of the molecule is CCNC(=O)c1cc(-c2cccs2)n(-c2ccc(F)cc2)n1. The standard InChI is InChI=1S/C16H14FN3OS/c1-2-18-16(21)13-10-14(15-4-3-9-22-15)20(19-13)12-7-5-11(17)6-8-12/h3-10H,2H2,1H3,(H,18,21). The van der Waals surface area contributed by atoms with E-state index in [1.165, 1.54) is 12.1 Å². The van der Waals surface area contributed by atoms with Crippen molar-refractivity contribution in [1.29, 1.82) is 0 Å². The van der Waals surface area contributed by atoms with Gasteiger partial charge in [-0.05, 0) is 48.7 Å². The number of hydrogen-bond acceptors (Lipinski definition) is 3. The van der Waals surface area contributed by atoms with Gasteiger partial charge in [0, 0.05) is 6.54 Å². The summed E-state index contributed by atoms with van der Waals surface area (Å²) in [4.78, 5) is 13.0. The number of hydrogen-bond donors (Lipinski definition) is 1. The van der Waals surface area contributed by atoms with E-state index in [9.17, 15) is 9.18 Å². The second kappa shape index (κ2) is 6.11. The summed E-state index contributed by atoms with van der Waals surface area (Å²) in [5, 5.41) is 9.07. The number of carbonyl (C=O) groups is 1. The predicted molar refractivity (Wildman–Crippen MR) is 84.8 cm³/mol. The Bertz CT molecular complexity index is 778. The Morgan fingerprint density at radius 2 is 2.09 bits per heavy atom. The average molecular weight is 315 g/mol. The van der Waals surface area contributed by atoms with Crippen molar-refractivity contribution in [3.8, 4) is 16.3 Å². The quantitative estimate of drug-likeness (QED) is 0.801. The highest BCUT2D eigenvalue weighted by Crippen LogP contribution is 2.28. The van der Waals surface area contributed by atoms with E-state index in [1.54, 1.807) is 34.2 Å². The molecule has 3 rings (SSSR count). The lowest BCUT2D eigenvalue weighted by molar-refractivity contribution is 0.0950. The van der Waals surface area contributed by atoms with Crippen molar-refractivity contribution in [3.63, 3.8) is 0 Å². The molecule has 0 fully saturated rings. The highest BCUT2D eigenvalue weighted by Gasteiger charge is 2.16. The van der Waals surface area contributed by atoms with E-state index in [0.29, 0.717) is 17.9 Å². The van der Waals surface area contributed by atoms with Gasteiger partial charge in [-0.3, -0.25) is 4.79 Å². The van der Waals surface area contributed by atoms with Gasteiger partial charge in [-0.15, -0.1) is 11.3 Å². The van der Waals surface area contributed by atoms with Crippen LogP contribution in [0, 0.1) is 5.82 Å². The van der Waals surface area contributed by atoms with Crippen LogP contribution in [0.5, 0.6) is 0 Å². The second-order valence-corrected chi connectivity index (χ2v) is 5.59. The zero-order chi connectivity index (χ0) is 15.5. The maximum atomic E-state index is 13.1. The van der Waals surface area contributed by atoms with Crippen LogP contribution in [0.1, 0.15) is 17.4 Å². The van der Waals surface area contributed by atoms with Gasteiger partial charge in [0.2, 0.25) is 0 Å². The van der Waals surface area contributed by atoms with Gasteiger partial charge < -0.3 is 5.32 Å². The molecule has 1 aromatic carbocycles. The van der Waals surface area contributed by atoms with E-state index in [1.807, 2.05) is 24.4 Å². The number of amides is 1. The summed E-state index contributed by atoms with van der Waals surface area (Å²) in [7, 11) is 0. The van der Waals surface area contributed by atoms with Crippen LogP contribution in [0.15, 0.2) is 47.8 Å². The molecule has 0 aliphatic rings. The molecule has 3 aromatic rings. The number of halogens is 1. The highest BCUT2D eigenvalue weighted by molar-refractivity contribution is 7.13. The fourth-order valence-electron chi connectivity index (χ4n) is 2.12. The van der Waals surface area contributed by atoms with Gasteiger partial charge in [-0.1, -0.05) is 6.07 Å². The molecule has 0 radical (unpaired) electrons. The summed E-state index contributed by atoms with van der Waals surface area (Å²) in [6.45, 7) is 2.39. The first-order chi connectivity index (χ1) is 10.7. The third-order valence-corrected chi connectivity index (χ3v) is 4.02. The molecule has 0 saturated heterocycles. The molecule has 6 heteroatoms. The van der Waals surface area contributed by atoms with Crippen molar-refractivity contribution in [2.45, 2.75) is 6.92 Å². The third-order valence-electron chi connectivity index (χ3n) is 3.12. The molecule has 1 N–H and O–H groups in total.